The van der Waals surface area contributed by atoms with Crippen molar-refractivity contribution in [1.82, 2.24) is 19.7 Å². The van der Waals surface area contributed by atoms with Crippen molar-refractivity contribution in [2.75, 3.05) is 6.61 Å². The number of aryl methyl sites for hydroxylation is 1. The molecule has 2 aromatic heterocycles. The van der Waals surface area contributed by atoms with Gasteiger partial charge in [0.05, 0.1) is 16.7 Å². The molecule has 0 atom stereocenters. The van der Waals surface area contributed by atoms with Crippen LogP contribution in [0.5, 0.6) is 11.8 Å². The van der Waals surface area contributed by atoms with E-state index in [1.54, 1.807) is 42.5 Å². The van der Waals surface area contributed by atoms with E-state index < -0.39 is 31.1 Å². The predicted molar refractivity (Wildman–Crippen MR) is 164 cm³/mol. The number of nitrogens with zero attached hydrogens (tertiary/aromatic N) is 3. The topological polar surface area (TPSA) is 115 Å². The van der Waals surface area contributed by atoms with E-state index in [4.69, 9.17) is 9.47 Å². The third-order valence-electron chi connectivity index (χ3n) is 8.11. The molecule has 1 saturated carbocycles. The van der Waals surface area contributed by atoms with Crippen LogP contribution in [-0.2, 0) is 17.1 Å². The monoisotopic (exact) mass is 620 g/mol. The summed E-state index contributed by atoms with van der Waals surface area (Å²) in [4.78, 5) is 18.5. The van der Waals surface area contributed by atoms with Gasteiger partial charge in [0.25, 0.3) is 0 Å². The summed E-state index contributed by atoms with van der Waals surface area (Å²) in [6.07, 6.45) is 2.27. The molecule has 2 N–H and O–H groups in total. The molecular formula is C32H34F2N4O5Si. The molecule has 44 heavy (non-hydrogen) atoms. The van der Waals surface area contributed by atoms with Gasteiger partial charge in [0, 0.05) is 26.3 Å². The molecule has 230 valence electrons. The van der Waals surface area contributed by atoms with Gasteiger partial charge in [-0.3, -0.25) is 14.1 Å². The summed E-state index contributed by atoms with van der Waals surface area (Å²) in [5, 5.41) is 14.4. The van der Waals surface area contributed by atoms with Crippen LogP contribution in [0.15, 0.2) is 57.8 Å². The number of benzene rings is 3. The second kappa shape index (κ2) is 11.4. The Labute approximate surface area is 253 Å². The van der Waals surface area contributed by atoms with Crippen LogP contribution in [0.25, 0.3) is 33.5 Å². The lowest BCUT2D eigenvalue weighted by molar-refractivity contribution is -0.0387. The lowest BCUT2D eigenvalue weighted by Crippen LogP contribution is -2.33. The van der Waals surface area contributed by atoms with Crippen molar-refractivity contribution in [1.29, 1.82) is 0 Å². The largest absolute Gasteiger partial charge is 0.439 e. The fourth-order valence-corrected chi connectivity index (χ4v) is 5.98. The van der Waals surface area contributed by atoms with E-state index in [0.717, 1.165) is 23.6 Å². The van der Waals surface area contributed by atoms with Gasteiger partial charge >= 0.3 is 11.8 Å². The van der Waals surface area contributed by atoms with Crippen LogP contribution >= 0.6 is 0 Å². The molecule has 1 aliphatic carbocycles. The van der Waals surface area contributed by atoms with Gasteiger partial charge in [0.15, 0.2) is 11.6 Å². The number of nitrogens with one attached hydrogen (secondary N) is 1. The number of H-pyrrole nitrogens is 1. The summed E-state index contributed by atoms with van der Waals surface area (Å²) in [6, 6.07) is 14.0. The van der Waals surface area contributed by atoms with E-state index in [1.165, 1.54) is 10.6 Å². The lowest BCUT2D eigenvalue weighted by atomic mass is 9.75. The molecule has 3 aromatic carbocycles. The van der Waals surface area contributed by atoms with Crippen LogP contribution in [-0.4, -0.2) is 39.5 Å². The van der Waals surface area contributed by atoms with Gasteiger partial charge in [-0.2, -0.15) is 4.98 Å². The molecule has 12 heteroatoms. The summed E-state index contributed by atoms with van der Waals surface area (Å²) >= 11 is 0. The molecule has 9 nitrogen and oxygen atoms in total. The minimum atomic E-state index is -1.39. The van der Waals surface area contributed by atoms with Crippen LogP contribution in [0.2, 0.25) is 25.7 Å². The Balaban J connectivity index is 1.40. The zero-order chi connectivity index (χ0) is 31.2. The molecule has 0 saturated heterocycles. The summed E-state index contributed by atoms with van der Waals surface area (Å²) < 4.78 is 50.2. The molecule has 0 amide bonds. The van der Waals surface area contributed by atoms with Gasteiger partial charge < -0.3 is 14.6 Å². The van der Waals surface area contributed by atoms with Gasteiger partial charge in [0.1, 0.15) is 23.8 Å². The number of fused-ring (bicyclic) bond motifs is 1. The molecule has 0 spiro atoms. The standard InChI is InChI=1S/C32H34F2N4O5Si/c1-19-6-7-21(29-36-31(39)43-37-29)16-25(19)42-30-35-28-24(38(30)18-41-14-15-44(2,3)4)17-23(33)26(27(28)34)20-8-10-22(11-9-20)32(40)12-5-13-32/h6-11,16-17,40H,5,12-15,18H2,1-4H3,(H,36,37,39). The number of ether oxygens (including phenoxy) is 2. The number of imidazole rings is 1. The number of aromatic amines is 1. The molecule has 0 bridgehead atoms. The molecular weight excluding hydrogens is 586 g/mol. The van der Waals surface area contributed by atoms with Crippen molar-refractivity contribution in [2.45, 2.75) is 64.2 Å². The van der Waals surface area contributed by atoms with Crippen LogP contribution < -0.4 is 10.5 Å². The quantitative estimate of drug-likeness (QED) is 0.126. The maximum atomic E-state index is 16.2. The third-order valence-corrected chi connectivity index (χ3v) is 9.82. The first kappa shape index (κ1) is 29.9. The summed E-state index contributed by atoms with van der Waals surface area (Å²) in [6.45, 7) is 8.98. The highest BCUT2D eigenvalue weighted by atomic mass is 28.3. The van der Waals surface area contributed by atoms with E-state index in [9.17, 15) is 9.90 Å². The number of halogens is 2. The van der Waals surface area contributed by atoms with Crippen molar-refractivity contribution in [3.63, 3.8) is 0 Å². The first-order valence-corrected chi connectivity index (χ1v) is 18.3. The van der Waals surface area contributed by atoms with E-state index in [2.05, 4.69) is 39.3 Å². The Bertz CT molecular complexity index is 1890. The average molecular weight is 621 g/mol. The SMILES string of the molecule is Cc1ccc(-c2noc(=O)[nH]2)cc1Oc1nc2c(F)c(-c3ccc(C4(O)CCC4)cc3)c(F)cc2n1COCC[Si](C)(C)C. The Morgan fingerprint density at radius 1 is 1.09 bits per heavy atom. The fourth-order valence-electron chi connectivity index (χ4n) is 5.23. The van der Waals surface area contributed by atoms with Crippen molar-refractivity contribution >= 4 is 19.1 Å². The van der Waals surface area contributed by atoms with Crippen molar-refractivity contribution in [3.05, 3.63) is 81.8 Å². The molecule has 0 aliphatic heterocycles. The molecule has 6 rings (SSSR count). The number of hydrogen-bond acceptors (Lipinski definition) is 7. The predicted octanol–water partition coefficient (Wildman–Crippen LogP) is 7.11. The van der Waals surface area contributed by atoms with Gasteiger partial charge in [-0.1, -0.05) is 61.2 Å². The average Bonchev–Trinajstić information content (AvgIpc) is 3.54. The highest BCUT2D eigenvalue weighted by Gasteiger charge is 2.36. The highest BCUT2D eigenvalue weighted by Crippen LogP contribution is 2.42. The Hall–Kier alpha value is -4.13. The summed E-state index contributed by atoms with van der Waals surface area (Å²) in [7, 11) is -1.39. The van der Waals surface area contributed by atoms with E-state index >= 15 is 8.78 Å². The molecule has 1 fully saturated rings. The Kier molecular flexibility index (Phi) is 7.76. The number of hydrogen-bond donors (Lipinski definition) is 2. The lowest BCUT2D eigenvalue weighted by Gasteiger charge is -2.37. The van der Waals surface area contributed by atoms with Gasteiger partial charge in [-0.15, -0.1) is 0 Å². The maximum absolute atomic E-state index is 16.2. The third kappa shape index (κ3) is 5.84. The van der Waals surface area contributed by atoms with Crippen LogP contribution in [0, 0.1) is 18.6 Å². The van der Waals surface area contributed by atoms with Crippen LogP contribution in [0.1, 0.15) is 30.4 Å². The maximum Gasteiger partial charge on any atom is 0.439 e. The fraction of sp³-hybridized carbons (Fsp3) is 0.344. The molecule has 5 aromatic rings. The first-order chi connectivity index (χ1) is 20.9. The van der Waals surface area contributed by atoms with E-state index in [-0.39, 0.29) is 35.2 Å². The van der Waals surface area contributed by atoms with Gasteiger partial charge in [-0.25, -0.2) is 13.6 Å². The van der Waals surface area contributed by atoms with Crippen LogP contribution in [0.4, 0.5) is 8.78 Å². The minimum Gasteiger partial charge on any atom is -0.425 e. The highest BCUT2D eigenvalue weighted by molar-refractivity contribution is 6.76. The number of aliphatic hydroxyl groups is 1. The summed E-state index contributed by atoms with van der Waals surface area (Å²) in [5.74, 6) is -1.69. The van der Waals surface area contributed by atoms with Gasteiger partial charge in [0.2, 0.25) is 0 Å². The number of rotatable bonds is 10. The molecule has 1 aliphatic rings. The molecule has 2 heterocycles. The second-order valence-corrected chi connectivity index (χ2v) is 18.2. The smallest absolute Gasteiger partial charge is 0.425 e. The normalized spacial score (nSPS) is 14.6. The van der Waals surface area contributed by atoms with Crippen molar-refractivity contribution in [2.24, 2.45) is 0 Å². The van der Waals surface area contributed by atoms with E-state index in [0.29, 0.717) is 36.3 Å². The number of aromatic nitrogens is 4. The first-order valence-electron chi connectivity index (χ1n) is 14.6. The zero-order valence-electron chi connectivity index (χ0n) is 25.0. The Morgan fingerprint density at radius 2 is 1.82 bits per heavy atom. The van der Waals surface area contributed by atoms with E-state index in [1.807, 2.05) is 6.92 Å². The molecule has 0 radical (unpaired) electrons. The Morgan fingerprint density at radius 3 is 2.45 bits per heavy atom. The molecule has 0 unspecified atom stereocenters. The zero-order valence-corrected chi connectivity index (χ0v) is 26.0. The minimum absolute atomic E-state index is 0.0138. The van der Waals surface area contributed by atoms with Crippen LogP contribution in [0.3, 0.4) is 0 Å². The van der Waals surface area contributed by atoms with Gasteiger partial charge in [-0.05, 0) is 55.0 Å². The second-order valence-electron chi connectivity index (χ2n) is 12.6. The van der Waals surface area contributed by atoms with Crippen molar-refractivity contribution in [3.8, 4) is 34.3 Å². The summed E-state index contributed by atoms with van der Waals surface area (Å²) in [5.41, 5.74) is 1.35. The van der Waals surface area contributed by atoms with Crippen molar-refractivity contribution < 1.29 is 27.9 Å².